The molecule has 16 heavy (non-hydrogen) atoms. The molecule has 0 spiro atoms. The topological polar surface area (TPSA) is 3.24 Å². The first-order valence-corrected chi connectivity index (χ1v) is 5.04. The third kappa shape index (κ3) is 3.54. The van der Waals surface area contributed by atoms with Crippen molar-refractivity contribution in [3.05, 3.63) is 0 Å². The van der Waals surface area contributed by atoms with E-state index < -0.39 is 24.8 Å². The quantitative estimate of drug-likeness (QED) is 0.695. The summed E-state index contributed by atoms with van der Waals surface area (Å²) in [5, 5.41) is 0. The molecule has 0 amide bonds. The Morgan fingerprint density at radius 3 is 1.88 bits per heavy atom. The molecule has 0 aromatic rings. The van der Waals surface area contributed by atoms with Crippen molar-refractivity contribution in [1.82, 2.24) is 4.90 Å². The molecule has 0 aliphatic carbocycles. The second-order valence-corrected chi connectivity index (χ2v) is 4.00. The van der Waals surface area contributed by atoms with Gasteiger partial charge in [0.15, 0.2) is 0 Å². The van der Waals surface area contributed by atoms with Crippen LogP contribution in [0.2, 0.25) is 0 Å². The Morgan fingerprint density at radius 2 is 1.44 bits per heavy atom. The van der Waals surface area contributed by atoms with Crippen molar-refractivity contribution in [3.8, 4) is 0 Å². The zero-order valence-electron chi connectivity index (χ0n) is 8.53. The predicted molar refractivity (Wildman–Crippen MR) is 46.2 cm³/mol. The Bertz CT molecular complexity index is 221. The highest BCUT2D eigenvalue weighted by molar-refractivity contribution is 4.86. The molecule has 0 aromatic heterocycles. The van der Waals surface area contributed by atoms with E-state index in [1.54, 1.807) is 0 Å². The molecule has 0 N–H and O–H groups in total. The molecule has 1 aliphatic heterocycles. The molecule has 1 saturated heterocycles. The predicted octanol–water partition coefficient (Wildman–Crippen LogP) is 3.01. The van der Waals surface area contributed by atoms with Gasteiger partial charge in [0.2, 0.25) is 0 Å². The normalized spacial score (nSPS) is 22.1. The van der Waals surface area contributed by atoms with Gasteiger partial charge in [-0.2, -0.15) is 13.2 Å². The summed E-state index contributed by atoms with van der Waals surface area (Å²) >= 11 is 0. The number of likely N-dealkylation sites (tertiary alicyclic amines) is 1. The van der Waals surface area contributed by atoms with Crippen LogP contribution in [0, 0.1) is 0 Å². The average molecular weight is 249 g/mol. The van der Waals surface area contributed by atoms with Crippen LogP contribution in [0.4, 0.5) is 26.3 Å². The SMILES string of the molecule is FC(C(F)(F)F)C(F)(F)CN1CCCCC1. The number of piperidine rings is 1. The summed E-state index contributed by atoms with van der Waals surface area (Å²) in [6, 6.07) is 0. The van der Waals surface area contributed by atoms with Crippen LogP contribution in [0.3, 0.4) is 0 Å². The fourth-order valence-electron chi connectivity index (χ4n) is 1.74. The molecule has 7 heteroatoms. The summed E-state index contributed by atoms with van der Waals surface area (Å²) in [7, 11) is 0. The van der Waals surface area contributed by atoms with E-state index in [2.05, 4.69) is 0 Å². The van der Waals surface area contributed by atoms with Crippen LogP contribution < -0.4 is 0 Å². The van der Waals surface area contributed by atoms with E-state index >= 15 is 0 Å². The Balaban J connectivity index is 2.55. The highest BCUT2D eigenvalue weighted by atomic mass is 19.4. The lowest BCUT2D eigenvalue weighted by atomic mass is 10.1. The van der Waals surface area contributed by atoms with E-state index in [1.807, 2.05) is 0 Å². The average Bonchev–Trinajstić information content (AvgIpc) is 2.16. The van der Waals surface area contributed by atoms with Gasteiger partial charge in [-0.3, -0.25) is 4.90 Å². The van der Waals surface area contributed by atoms with Crippen LogP contribution in [0.5, 0.6) is 0 Å². The summed E-state index contributed by atoms with van der Waals surface area (Å²) < 4.78 is 73.9. The van der Waals surface area contributed by atoms with Crippen LogP contribution in [0.25, 0.3) is 0 Å². The lowest BCUT2D eigenvalue weighted by Crippen LogP contribution is -2.50. The van der Waals surface area contributed by atoms with E-state index in [-0.39, 0.29) is 0 Å². The number of nitrogens with zero attached hydrogens (tertiary/aromatic N) is 1. The number of hydrogen-bond donors (Lipinski definition) is 0. The molecule has 1 fully saturated rings. The summed E-state index contributed by atoms with van der Waals surface area (Å²) in [5.41, 5.74) is 0. The summed E-state index contributed by atoms with van der Waals surface area (Å²) in [6.45, 7) is -0.548. The lowest BCUT2D eigenvalue weighted by molar-refractivity contribution is -0.247. The maximum absolute atomic E-state index is 13.0. The molecule has 0 aromatic carbocycles. The molecule has 1 heterocycles. The number of hydrogen-bond acceptors (Lipinski definition) is 1. The van der Waals surface area contributed by atoms with Crippen LogP contribution in [0.15, 0.2) is 0 Å². The molecule has 96 valence electrons. The fourth-order valence-corrected chi connectivity index (χ4v) is 1.74. The van der Waals surface area contributed by atoms with Crippen LogP contribution in [0.1, 0.15) is 19.3 Å². The van der Waals surface area contributed by atoms with Gasteiger partial charge < -0.3 is 0 Å². The van der Waals surface area contributed by atoms with Crippen molar-refractivity contribution in [3.63, 3.8) is 0 Å². The largest absolute Gasteiger partial charge is 0.425 e. The molecule has 1 aliphatic rings. The first-order chi connectivity index (χ1) is 7.23. The van der Waals surface area contributed by atoms with E-state index in [0.717, 1.165) is 6.42 Å². The minimum Gasteiger partial charge on any atom is -0.297 e. The van der Waals surface area contributed by atoms with Crippen molar-refractivity contribution >= 4 is 0 Å². The van der Waals surface area contributed by atoms with Gasteiger partial charge in [-0.05, 0) is 25.9 Å². The fraction of sp³-hybridized carbons (Fsp3) is 1.00. The highest BCUT2D eigenvalue weighted by Crippen LogP contribution is 2.35. The molecule has 1 nitrogen and oxygen atoms in total. The van der Waals surface area contributed by atoms with E-state index in [1.165, 1.54) is 4.90 Å². The molecular formula is C9H13F6N. The monoisotopic (exact) mass is 249 g/mol. The standard InChI is InChI=1S/C9H13F6N/c10-7(9(13,14)15)8(11,12)6-16-4-2-1-3-5-16/h7H,1-6H2. The van der Waals surface area contributed by atoms with Gasteiger partial charge in [-0.1, -0.05) is 6.42 Å². The summed E-state index contributed by atoms with van der Waals surface area (Å²) in [6.07, 6.45) is -7.38. The van der Waals surface area contributed by atoms with E-state index in [9.17, 15) is 26.3 Å². The first-order valence-electron chi connectivity index (χ1n) is 5.04. The molecule has 0 saturated carbocycles. The Kier molecular flexibility index (Phi) is 4.09. The van der Waals surface area contributed by atoms with Gasteiger partial charge in [0.05, 0.1) is 6.54 Å². The van der Waals surface area contributed by atoms with Crippen molar-refractivity contribution in [2.45, 2.75) is 37.5 Å². The van der Waals surface area contributed by atoms with Gasteiger partial charge in [0.1, 0.15) is 0 Å². The molecular weight excluding hydrogens is 236 g/mol. The van der Waals surface area contributed by atoms with E-state index in [0.29, 0.717) is 25.9 Å². The number of halogens is 6. The van der Waals surface area contributed by atoms with Crippen molar-refractivity contribution in [1.29, 1.82) is 0 Å². The molecule has 0 bridgehead atoms. The van der Waals surface area contributed by atoms with Crippen LogP contribution >= 0.6 is 0 Å². The smallest absolute Gasteiger partial charge is 0.297 e. The minimum absolute atomic E-state index is 0.306. The minimum atomic E-state index is -5.50. The lowest BCUT2D eigenvalue weighted by Gasteiger charge is -2.31. The van der Waals surface area contributed by atoms with Crippen LogP contribution in [-0.2, 0) is 0 Å². The Labute approximate surface area is 89.4 Å². The molecule has 1 unspecified atom stereocenters. The highest BCUT2D eigenvalue weighted by Gasteiger charge is 2.57. The first kappa shape index (κ1) is 13.6. The molecule has 1 rings (SSSR count). The van der Waals surface area contributed by atoms with Crippen LogP contribution in [-0.4, -0.2) is 42.8 Å². The zero-order chi connectivity index (χ0) is 12.4. The molecule has 0 radical (unpaired) electrons. The second kappa shape index (κ2) is 4.81. The third-order valence-corrected chi connectivity index (χ3v) is 2.54. The van der Waals surface area contributed by atoms with Gasteiger partial charge in [-0.15, -0.1) is 0 Å². The van der Waals surface area contributed by atoms with Crippen molar-refractivity contribution in [2.75, 3.05) is 19.6 Å². The molecule has 1 atom stereocenters. The summed E-state index contributed by atoms with van der Waals surface area (Å²) in [5.74, 6) is -4.37. The Morgan fingerprint density at radius 1 is 0.938 bits per heavy atom. The van der Waals surface area contributed by atoms with E-state index in [4.69, 9.17) is 0 Å². The maximum Gasteiger partial charge on any atom is 0.425 e. The number of alkyl halides is 6. The summed E-state index contributed by atoms with van der Waals surface area (Å²) in [4.78, 5) is 1.18. The zero-order valence-corrected chi connectivity index (χ0v) is 8.53. The van der Waals surface area contributed by atoms with Gasteiger partial charge in [0.25, 0.3) is 12.1 Å². The van der Waals surface area contributed by atoms with Crippen molar-refractivity contribution in [2.24, 2.45) is 0 Å². The van der Waals surface area contributed by atoms with Crippen molar-refractivity contribution < 1.29 is 26.3 Å². The Hall–Kier alpha value is -0.460. The number of rotatable bonds is 3. The van der Waals surface area contributed by atoms with Gasteiger partial charge in [0, 0.05) is 0 Å². The van der Waals surface area contributed by atoms with Gasteiger partial charge >= 0.3 is 6.18 Å². The second-order valence-electron chi connectivity index (χ2n) is 4.00. The van der Waals surface area contributed by atoms with Gasteiger partial charge in [-0.25, -0.2) is 13.2 Å². The maximum atomic E-state index is 13.0. The third-order valence-electron chi connectivity index (χ3n) is 2.54.